The Bertz CT molecular complexity index is 1090. The Morgan fingerprint density at radius 3 is 2.55 bits per heavy atom. The zero-order valence-electron chi connectivity index (χ0n) is 21.6. The van der Waals surface area contributed by atoms with Crippen LogP contribution in [-0.4, -0.2) is 37.1 Å². The van der Waals surface area contributed by atoms with Gasteiger partial charge in [-0.2, -0.15) is 4.39 Å². The molecular formula is C28H34F3N3O4. The van der Waals surface area contributed by atoms with E-state index in [-0.39, 0.29) is 30.0 Å². The number of carbonyl (C=O) groups excluding carboxylic acids is 2. The lowest BCUT2D eigenvalue weighted by molar-refractivity contribution is -0.116. The second-order valence-corrected chi connectivity index (χ2v) is 7.71. The fourth-order valence-corrected chi connectivity index (χ4v) is 2.77. The van der Waals surface area contributed by atoms with E-state index in [1.165, 1.54) is 24.4 Å². The van der Waals surface area contributed by atoms with Gasteiger partial charge in [0.05, 0.1) is 18.7 Å². The number of hydrogen-bond acceptors (Lipinski definition) is 5. The van der Waals surface area contributed by atoms with E-state index >= 15 is 0 Å². The predicted molar refractivity (Wildman–Crippen MR) is 140 cm³/mol. The van der Waals surface area contributed by atoms with Gasteiger partial charge in [0, 0.05) is 31.0 Å². The molecule has 206 valence electrons. The number of nitrogens with one attached hydrogen (secondary N) is 2. The first-order chi connectivity index (χ1) is 18.3. The van der Waals surface area contributed by atoms with Crippen LogP contribution >= 0.6 is 0 Å². The first-order valence-corrected chi connectivity index (χ1v) is 12.1. The Morgan fingerprint density at radius 1 is 1.13 bits per heavy atom. The van der Waals surface area contributed by atoms with Gasteiger partial charge in [-0.3, -0.25) is 9.59 Å². The third kappa shape index (κ3) is 13.4. The lowest BCUT2D eigenvalue weighted by Gasteiger charge is -2.12. The van der Waals surface area contributed by atoms with Crippen LogP contribution in [0.2, 0.25) is 0 Å². The van der Waals surface area contributed by atoms with Crippen LogP contribution in [0.3, 0.4) is 0 Å². The summed E-state index contributed by atoms with van der Waals surface area (Å²) in [6.45, 7) is 9.50. The van der Waals surface area contributed by atoms with Crippen molar-refractivity contribution in [2.45, 2.75) is 39.7 Å². The number of hydrogen-bond donors (Lipinski definition) is 2. The highest BCUT2D eigenvalue weighted by Gasteiger charge is 2.12. The molecule has 2 aromatic rings. The molecule has 0 radical (unpaired) electrons. The van der Waals surface area contributed by atoms with Crippen molar-refractivity contribution in [2.75, 3.05) is 25.1 Å². The normalized spacial score (nSPS) is 11.2. The van der Waals surface area contributed by atoms with Crippen molar-refractivity contribution in [1.29, 1.82) is 0 Å². The summed E-state index contributed by atoms with van der Waals surface area (Å²) in [5.74, 6) is -2.56. The lowest BCUT2D eigenvalue weighted by Crippen LogP contribution is -2.17. The van der Waals surface area contributed by atoms with Crippen LogP contribution in [-0.2, 0) is 25.7 Å². The average Bonchev–Trinajstić information content (AvgIpc) is 2.90. The SMILES string of the molecule is C=C/C(=C\C=C(/CC(=O)Nc1cccnc1F)OCc1ccc(F)cc1F)CC.CCCOCCNC=O. The maximum absolute atomic E-state index is 13.8. The van der Waals surface area contributed by atoms with Gasteiger partial charge in [-0.05, 0) is 48.8 Å². The van der Waals surface area contributed by atoms with E-state index in [0.29, 0.717) is 26.0 Å². The number of ether oxygens (including phenoxy) is 2. The molecule has 0 aliphatic carbocycles. The van der Waals surface area contributed by atoms with Gasteiger partial charge in [-0.15, -0.1) is 0 Å². The highest BCUT2D eigenvalue weighted by molar-refractivity contribution is 5.92. The molecule has 0 aliphatic rings. The van der Waals surface area contributed by atoms with Gasteiger partial charge in [-0.1, -0.05) is 32.6 Å². The summed E-state index contributed by atoms with van der Waals surface area (Å²) in [6.07, 6.45) is 8.43. The quantitative estimate of drug-likeness (QED) is 0.102. The van der Waals surface area contributed by atoms with Crippen LogP contribution in [0, 0.1) is 17.6 Å². The topological polar surface area (TPSA) is 89.6 Å². The Labute approximate surface area is 221 Å². The highest BCUT2D eigenvalue weighted by atomic mass is 19.1. The second kappa shape index (κ2) is 19.2. The Hall–Kier alpha value is -3.92. The predicted octanol–water partition coefficient (Wildman–Crippen LogP) is 5.61. The van der Waals surface area contributed by atoms with Gasteiger partial charge in [0.25, 0.3) is 0 Å². The standard InChI is InChI=1S/C22H21F3N2O2.C6H13NO2/c1-3-15(4-2)7-10-18(29-14-16-8-9-17(23)12-19(16)24)13-21(28)27-20-6-5-11-26-22(20)25;1-2-4-9-5-3-7-6-8/h3,5-12H,1,4,13-14H2,2H3,(H,27,28);6H,2-5H2,1H3,(H,7,8)/b15-7+,18-10+;. The smallest absolute Gasteiger partial charge is 0.236 e. The molecule has 1 heterocycles. The molecule has 0 spiro atoms. The summed E-state index contributed by atoms with van der Waals surface area (Å²) < 4.78 is 51.1. The maximum atomic E-state index is 13.8. The number of aromatic nitrogens is 1. The molecule has 0 fully saturated rings. The third-order valence-electron chi connectivity index (χ3n) is 4.77. The molecule has 0 saturated carbocycles. The lowest BCUT2D eigenvalue weighted by atomic mass is 10.1. The fourth-order valence-electron chi connectivity index (χ4n) is 2.77. The summed E-state index contributed by atoms with van der Waals surface area (Å²) in [7, 11) is 0. The molecule has 0 bridgehead atoms. The van der Waals surface area contributed by atoms with Crippen LogP contribution in [0.4, 0.5) is 18.9 Å². The zero-order chi connectivity index (χ0) is 28.2. The monoisotopic (exact) mass is 533 g/mol. The summed E-state index contributed by atoms with van der Waals surface area (Å²) in [6, 6.07) is 6.02. The largest absolute Gasteiger partial charge is 0.493 e. The number of nitrogens with zero attached hydrogens (tertiary/aromatic N) is 1. The third-order valence-corrected chi connectivity index (χ3v) is 4.77. The summed E-state index contributed by atoms with van der Waals surface area (Å²) in [5.41, 5.74) is 0.981. The van der Waals surface area contributed by atoms with Crippen molar-refractivity contribution in [1.82, 2.24) is 10.3 Å². The van der Waals surface area contributed by atoms with Crippen molar-refractivity contribution >= 4 is 18.0 Å². The Morgan fingerprint density at radius 2 is 1.92 bits per heavy atom. The van der Waals surface area contributed by atoms with E-state index in [1.54, 1.807) is 18.2 Å². The molecule has 0 unspecified atom stereocenters. The maximum Gasteiger partial charge on any atom is 0.236 e. The van der Waals surface area contributed by atoms with E-state index in [9.17, 15) is 22.8 Å². The second-order valence-electron chi connectivity index (χ2n) is 7.71. The van der Waals surface area contributed by atoms with E-state index in [0.717, 1.165) is 30.7 Å². The number of benzene rings is 1. The molecule has 7 nitrogen and oxygen atoms in total. The van der Waals surface area contributed by atoms with Gasteiger partial charge in [-0.25, -0.2) is 13.8 Å². The first-order valence-electron chi connectivity index (χ1n) is 12.1. The van der Waals surface area contributed by atoms with Crippen molar-refractivity contribution in [3.05, 3.63) is 95.8 Å². The molecule has 2 N–H and O–H groups in total. The van der Waals surface area contributed by atoms with Crippen LogP contribution in [0.5, 0.6) is 0 Å². The number of allylic oxidation sites excluding steroid dienone is 4. The molecule has 0 aliphatic heterocycles. The van der Waals surface area contributed by atoms with Gasteiger partial charge in [0.1, 0.15) is 24.0 Å². The van der Waals surface area contributed by atoms with E-state index in [2.05, 4.69) is 22.2 Å². The van der Waals surface area contributed by atoms with Crippen LogP contribution in [0.1, 0.15) is 38.7 Å². The molecule has 2 rings (SSSR count). The molecule has 0 saturated heterocycles. The molecule has 10 heteroatoms. The van der Waals surface area contributed by atoms with Crippen LogP contribution in [0.15, 0.2) is 72.7 Å². The number of halogens is 3. The number of anilines is 1. The van der Waals surface area contributed by atoms with Gasteiger partial charge >= 0.3 is 0 Å². The minimum Gasteiger partial charge on any atom is -0.493 e. The number of carbonyl (C=O) groups is 2. The highest BCUT2D eigenvalue weighted by Crippen LogP contribution is 2.17. The molecule has 1 aromatic carbocycles. The van der Waals surface area contributed by atoms with Crippen molar-refractivity contribution in [3.8, 4) is 0 Å². The first kappa shape index (κ1) is 32.1. The molecular weight excluding hydrogens is 499 g/mol. The number of rotatable bonds is 15. The van der Waals surface area contributed by atoms with E-state index < -0.39 is 23.5 Å². The Kier molecular flexibility index (Phi) is 16.2. The van der Waals surface area contributed by atoms with Gasteiger partial charge < -0.3 is 20.1 Å². The van der Waals surface area contributed by atoms with Crippen molar-refractivity contribution in [3.63, 3.8) is 0 Å². The average molecular weight is 534 g/mol. The van der Waals surface area contributed by atoms with Crippen LogP contribution in [0.25, 0.3) is 0 Å². The minimum absolute atomic E-state index is 0.0580. The van der Waals surface area contributed by atoms with Gasteiger partial charge in [0.2, 0.25) is 18.3 Å². The molecule has 0 atom stereocenters. The van der Waals surface area contributed by atoms with Crippen molar-refractivity contribution < 1.29 is 32.2 Å². The van der Waals surface area contributed by atoms with Gasteiger partial charge in [0.15, 0.2) is 0 Å². The summed E-state index contributed by atoms with van der Waals surface area (Å²) in [5, 5.41) is 4.91. The van der Waals surface area contributed by atoms with Crippen molar-refractivity contribution in [2.24, 2.45) is 0 Å². The summed E-state index contributed by atoms with van der Waals surface area (Å²) >= 11 is 0. The molecule has 2 amide bonds. The summed E-state index contributed by atoms with van der Waals surface area (Å²) in [4.78, 5) is 25.4. The van der Waals surface area contributed by atoms with E-state index in [1.807, 2.05) is 13.8 Å². The minimum atomic E-state index is -0.805. The zero-order valence-corrected chi connectivity index (χ0v) is 21.6. The van der Waals surface area contributed by atoms with E-state index in [4.69, 9.17) is 9.47 Å². The number of amides is 2. The Balaban J connectivity index is 0.000000686. The van der Waals surface area contributed by atoms with Crippen LogP contribution < -0.4 is 10.6 Å². The molecule has 38 heavy (non-hydrogen) atoms. The molecule has 1 aromatic heterocycles. The number of pyridine rings is 1. The fraction of sp³-hybridized carbons (Fsp3) is 0.321.